The van der Waals surface area contributed by atoms with Crippen LogP contribution in [0.15, 0.2) is 24.3 Å². The summed E-state index contributed by atoms with van der Waals surface area (Å²) < 4.78 is 0. The average molecular weight is 271 g/mol. The van der Waals surface area contributed by atoms with E-state index in [0.29, 0.717) is 5.41 Å². The van der Waals surface area contributed by atoms with E-state index in [1.54, 1.807) is 0 Å². The third-order valence-corrected chi connectivity index (χ3v) is 3.25. The molecular weight excluding hydrogens is 242 g/mol. The van der Waals surface area contributed by atoms with Gasteiger partial charge in [-0.05, 0) is 36.0 Å². The number of nitrogens with zero attached hydrogens (tertiary/aromatic N) is 1. The van der Waals surface area contributed by atoms with Gasteiger partial charge in [0.1, 0.15) is 0 Å². The second-order valence-corrected chi connectivity index (χ2v) is 6.54. The highest BCUT2D eigenvalue weighted by Crippen LogP contribution is 2.31. The minimum atomic E-state index is 0.362. The van der Waals surface area contributed by atoms with E-state index in [9.17, 15) is 0 Å². The van der Waals surface area contributed by atoms with Crippen molar-refractivity contribution in [2.24, 2.45) is 5.41 Å². The fourth-order valence-electron chi connectivity index (χ4n) is 2.30. The SMILES string of the molecule is C#Cc1ccc(CN(CC(C)(C)C)C2CC2)cc1.CC. The molecule has 1 nitrogen and oxygen atoms in total. The number of hydrogen-bond donors (Lipinski definition) is 0. The molecule has 1 saturated carbocycles. The Balaban J connectivity index is 0.000000956. The van der Waals surface area contributed by atoms with E-state index in [2.05, 4.69) is 43.7 Å². The van der Waals surface area contributed by atoms with Crippen molar-refractivity contribution in [1.82, 2.24) is 4.90 Å². The highest BCUT2D eigenvalue weighted by atomic mass is 15.2. The molecule has 0 atom stereocenters. The van der Waals surface area contributed by atoms with Crippen LogP contribution in [0.1, 0.15) is 58.6 Å². The van der Waals surface area contributed by atoms with Gasteiger partial charge in [0.05, 0.1) is 0 Å². The van der Waals surface area contributed by atoms with Crippen molar-refractivity contribution in [3.05, 3.63) is 35.4 Å². The number of rotatable bonds is 4. The van der Waals surface area contributed by atoms with Crippen LogP contribution >= 0.6 is 0 Å². The highest BCUT2D eigenvalue weighted by molar-refractivity contribution is 5.34. The third-order valence-electron chi connectivity index (χ3n) is 3.25. The number of benzene rings is 1. The molecule has 0 heterocycles. The summed E-state index contributed by atoms with van der Waals surface area (Å²) in [6.45, 7) is 13.1. The van der Waals surface area contributed by atoms with Crippen LogP contribution in [0.4, 0.5) is 0 Å². The quantitative estimate of drug-likeness (QED) is 0.717. The second kappa shape index (κ2) is 7.50. The van der Waals surface area contributed by atoms with Crippen molar-refractivity contribution in [3.8, 4) is 12.3 Å². The van der Waals surface area contributed by atoms with Gasteiger partial charge in [-0.3, -0.25) is 4.90 Å². The van der Waals surface area contributed by atoms with Crippen molar-refractivity contribution >= 4 is 0 Å². The van der Waals surface area contributed by atoms with E-state index < -0.39 is 0 Å². The average Bonchev–Trinajstić information content (AvgIpc) is 3.24. The maximum atomic E-state index is 5.38. The first kappa shape index (κ1) is 16.8. The Kier molecular flexibility index (Phi) is 6.30. The molecule has 0 spiro atoms. The van der Waals surface area contributed by atoms with Crippen LogP contribution in [0.5, 0.6) is 0 Å². The predicted octanol–water partition coefficient (Wildman–Crippen LogP) is 4.70. The Morgan fingerprint density at radius 3 is 2.10 bits per heavy atom. The lowest BCUT2D eigenvalue weighted by Gasteiger charge is -2.30. The topological polar surface area (TPSA) is 3.24 Å². The normalized spacial score (nSPS) is 14.4. The van der Waals surface area contributed by atoms with Gasteiger partial charge in [0, 0.05) is 24.7 Å². The summed E-state index contributed by atoms with van der Waals surface area (Å²) in [5.74, 6) is 2.67. The van der Waals surface area contributed by atoms with Crippen LogP contribution in [0, 0.1) is 17.8 Å². The molecule has 0 radical (unpaired) electrons. The first-order valence-corrected chi connectivity index (χ1v) is 7.77. The summed E-state index contributed by atoms with van der Waals surface area (Å²) in [5.41, 5.74) is 2.69. The second-order valence-electron chi connectivity index (χ2n) is 6.54. The molecule has 1 aromatic rings. The van der Waals surface area contributed by atoms with Crippen molar-refractivity contribution in [2.45, 2.75) is 60.0 Å². The standard InChI is InChI=1S/C17H23N.C2H6/c1-5-14-6-8-15(9-7-14)12-18(16-10-11-16)13-17(2,3)4;1-2/h1,6-9,16H,10-13H2,2-4H3;1-2H3. The molecule has 0 unspecified atom stereocenters. The molecule has 0 N–H and O–H groups in total. The smallest absolute Gasteiger partial charge is 0.0242 e. The van der Waals surface area contributed by atoms with Crippen molar-refractivity contribution in [3.63, 3.8) is 0 Å². The van der Waals surface area contributed by atoms with Gasteiger partial charge in [0.2, 0.25) is 0 Å². The summed E-state index contributed by atoms with van der Waals surface area (Å²) in [6.07, 6.45) is 8.10. The molecule has 2 rings (SSSR count). The zero-order valence-corrected chi connectivity index (χ0v) is 13.7. The van der Waals surface area contributed by atoms with Crippen LogP contribution in [-0.4, -0.2) is 17.5 Å². The Labute approximate surface area is 125 Å². The summed E-state index contributed by atoms with van der Waals surface area (Å²) in [5, 5.41) is 0. The lowest BCUT2D eigenvalue weighted by molar-refractivity contribution is 0.175. The summed E-state index contributed by atoms with van der Waals surface area (Å²) >= 11 is 0. The van der Waals surface area contributed by atoms with E-state index in [-0.39, 0.29) is 0 Å². The summed E-state index contributed by atoms with van der Waals surface area (Å²) in [6, 6.07) is 9.20. The first-order chi connectivity index (χ1) is 9.48. The van der Waals surface area contributed by atoms with Gasteiger partial charge in [-0.15, -0.1) is 6.42 Å². The monoisotopic (exact) mass is 271 g/mol. The van der Waals surface area contributed by atoms with E-state index >= 15 is 0 Å². The van der Waals surface area contributed by atoms with Gasteiger partial charge in [-0.2, -0.15) is 0 Å². The fourth-order valence-corrected chi connectivity index (χ4v) is 2.30. The van der Waals surface area contributed by atoms with Gasteiger partial charge >= 0.3 is 0 Å². The first-order valence-electron chi connectivity index (χ1n) is 7.77. The summed E-state index contributed by atoms with van der Waals surface area (Å²) in [7, 11) is 0. The summed E-state index contributed by atoms with van der Waals surface area (Å²) in [4.78, 5) is 2.62. The van der Waals surface area contributed by atoms with Crippen molar-refractivity contribution in [1.29, 1.82) is 0 Å². The minimum absolute atomic E-state index is 0.362. The largest absolute Gasteiger partial charge is 0.296 e. The van der Waals surface area contributed by atoms with Crippen molar-refractivity contribution in [2.75, 3.05) is 6.54 Å². The Hall–Kier alpha value is -1.26. The molecule has 1 fully saturated rings. The lowest BCUT2D eigenvalue weighted by atomic mass is 9.95. The maximum Gasteiger partial charge on any atom is 0.0242 e. The van der Waals surface area contributed by atoms with Crippen LogP contribution in [-0.2, 0) is 6.54 Å². The maximum absolute atomic E-state index is 5.38. The zero-order chi connectivity index (χ0) is 15.2. The molecule has 20 heavy (non-hydrogen) atoms. The third kappa shape index (κ3) is 5.80. The molecule has 110 valence electrons. The Morgan fingerprint density at radius 1 is 1.15 bits per heavy atom. The van der Waals surface area contributed by atoms with Crippen LogP contribution in [0.25, 0.3) is 0 Å². The molecule has 1 heteroatoms. The number of terminal acetylenes is 1. The highest BCUT2D eigenvalue weighted by Gasteiger charge is 2.31. The lowest BCUT2D eigenvalue weighted by Crippen LogP contribution is -2.34. The minimum Gasteiger partial charge on any atom is -0.296 e. The van der Waals surface area contributed by atoms with Crippen LogP contribution in [0.3, 0.4) is 0 Å². The van der Waals surface area contributed by atoms with E-state index in [4.69, 9.17) is 6.42 Å². The Bertz CT molecular complexity index is 426. The molecule has 1 aliphatic carbocycles. The van der Waals surface area contributed by atoms with E-state index in [1.807, 2.05) is 26.0 Å². The van der Waals surface area contributed by atoms with Crippen LogP contribution < -0.4 is 0 Å². The van der Waals surface area contributed by atoms with Gasteiger partial charge < -0.3 is 0 Å². The number of hydrogen-bond acceptors (Lipinski definition) is 1. The zero-order valence-electron chi connectivity index (χ0n) is 13.7. The van der Waals surface area contributed by atoms with Gasteiger partial charge in [-0.25, -0.2) is 0 Å². The molecule has 0 amide bonds. The fraction of sp³-hybridized carbons (Fsp3) is 0.579. The molecule has 1 aliphatic rings. The Morgan fingerprint density at radius 2 is 1.70 bits per heavy atom. The van der Waals surface area contributed by atoms with Gasteiger partial charge in [-0.1, -0.05) is 52.7 Å². The molecular formula is C19H29N. The van der Waals surface area contributed by atoms with Crippen LogP contribution in [0.2, 0.25) is 0 Å². The molecule has 0 bridgehead atoms. The van der Waals surface area contributed by atoms with Crippen molar-refractivity contribution < 1.29 is 0 Å². The molecule has 0 aromatic heterocycles. The van der Waals surface area contributed by atoms with Gasteiger partial charge in [0.15, 0.2) is 0 Å². The molecule has 0 aliphatic heterocycles. The van der Waals surface area contributed by atoms with E-state index in [0.717, 1.165) is 24.7 Å². The van der Waals surface area contributed by atoms with Gasteiger partial charge in [0.25, 0.3) is 0 Å². The predicted molar refractivity (Wildman–Crippen MR) is 88.6 cm³/mol. The van der Waals surface area contributed by atoms with E-state index in [1.165, 1.54) is 18.4 Å². The molecule has 0 saturated heterocycles. The molecule has 1 aromatic carbocycles.